The molecule has 1 aliphatic rings. The highest BCUT2D eigenvalue weighted by molar-refractivity contribution is 5.78. The van der Waals surface area contributed by atoms with Crippen LogP contribution in [0.15, 0.2) is 12.2 Å². The third-order valence-corrected chi connectivity index (χ3v) is 3.90. The molecule has 1 N–H and O–H groups in total. The van der Waals surface area contributed by atoms with Crippen molar-refractivity contribution < 1.29 is 9.90 Å². The summed E-state index contributed by atoms with van der Waals surface area (Å²) in [4.78, 5) is 18.7. The SMILES string of the molecule is C=C(C)CN(CC)C(=O)CN1CCN(C[C@@H](C)O)[C@H](C)C1. The first-order valence-electron chi connectivity index (χ1n) is 7.90. The second kappa shape index (κ2) is 8.51. The number of carbonyl (C=O) groups excluding carboxylic acids is 1. The Kier molecular flexibility index (Phi) is 7.35. The lowest BCUT2D eigenvalue weighted by atomic mass is 10.1. The average molecular weight is 297 g/mol. The van der Waals surface area contributed by atoms with E-state index < -0.39 is 0 Å². The van der Waals surface area contributed by atoms with E-state index >= 15 is 0 Å². The normalized spacial score (nSPS) is 22.0. The number of carbonyl (C=O) groups is 1. The van der Waals surface area contributed by atoms with Crippen molar-refractivity contribution in [3.63, 3.8) is 0 Å². The number of β-amino-alcohol motifs (C(OH)–C–C–N with tert-alkyl or cyclic N) is 1. The van der Waals surface area contributed by atoms with Crippen LogP contribution in [0.3, 0.4) is 0 Å². The molecule has 1 saturated heterocycles. The first-order valence-corrected chi connectivity index (χ1v) is 7.90. The molecule has 0 radical (unpaired) electrons. The Morgan fingerprint density at radius 1 is 1.48 bits per heavy atom. The molecule has 21 heavy (non-hydrogen) atoms. The van der Waals surface area contributed by atoms with Crippen LogP contribution in [0.2, 0.25) is 0 Å². The van der Waals surface area contributed by atoms with Crippen LogP contribution in [0.1, 0.15) is 27.7 Å². The Balaban J connectivity index is 2.46. The molecule has 1 amide bonds. The lowest BCUT2D eigenvalue weighted by molar-refractivity contribution is -0.132. The van der Waals surface area contributed by atoms with Crippen LogP contribution < -0.4 is 0 Å². The second-order valence-corrected chi connectivity index (χ2v) is 6.29. The van der Waals surface area contributed by atoms with Crippen molar-refractivity contribution in [2.24, 2.45) is 0 Å². The van der Waals surface area contributed by atoms with E-state index in [0.717, 1.165) is 31.8 Å². The summed E-state index contributed by atoms with van der Waals surface area (Å²) >= 11 is 0. The molecule has 1 rings (SSSR count). The first kappa shape index (κ1) is 18.1. The van der Waals surface area contributed by atoms with E-state index in [1.807, 2.05) is 25.7 Å². The minimum absolute atomic E-state index is 0.177. The highest BCUT2D eigenvalue weighted by atomic mass is 16.3. The van der Waals surface area contributed by atoms with Gasteiger partial charge < -0.3 is 10.0 Å². The first-order chi connectivity index (χ1) is 9.83. The number of hydrogen-bond acceptors (Lipinski definition) is 4. The summed E-state index contributed by atoms with van der Waals surface area (Å²) in [5, 5.41) is 9.50. The van der Waals surface area contributed by atoms with Gasteiger partial charge in [-0.2, -0.15) is 0 Å². The van der Waals surface area contributed by atoms with Crippen molar-refractivity contribution in [3.8, 4) is 0 Å². The van der Waals surface area contributed by atoms with Crippen molar-refractivity contribution in [2.75, 3.05) is 45.8 Å². The molecule has 0 bridgehead atoms. The van der Waals surface area contributed by atoms with Crippen LogP contribution in [0.4, 0.5) is 0 Å². The number of amides is 1. The van der Waals surface area contributed by atoms with Crippen LogP contribution in [0, 0.1) is 0 Å². The molecule has 0 spiro atoms. The maximum absolute atomic E-state index is 12.3. The largest absolute Gasteiger partial charge is 0.392 e. The van der Waals surface area contributed by atoms with Gasteiger partial charge in [-0.1, -0.05) is 12.2 Å². The van der Waals surface area contributed by atoms with Gasteiger partial charge >= 0.3 is 0 Å². The number of aliphatic hydroxyl groups is 1. The Morgan fingerprint density at radius 2 is 2.14 bits per heavy atom. The molecule has 0 aromatic carbocycles. The van der Waals surface area contributed by atoms with E-state index in [4.69, 9.17) is 0 Å². The molecule has 0 aromatic rings. The molecule has 5 nitrogen and oxygen atoms in total. The molecule has 5 heteroatoms. The van der Waals surface area contributed by atoms with E-state index in [-0.39, 0.29) is 12.0 Å². The van der Waals surface area contributed by atoms with E-state index in [1.54, 1.807) is 0 Å². The summed E-state index contributed by atoms with van der Waals surface area (Å²) in [7, 11) is 0. The molecule has 1 heterocycles. The predicted octanol–water partition coefficient (Wildman–Crippen LogP) is 0.798. The van der Waals surface area contributed by atoms with Gasteiger partial charge in [0.25, 0.3) is 0 Å². The van der Waals surface area contributed by atoms with E-state index in [0.29, 0.717) is 25.7 Å². The number of aliphatic hydroxyl groups excluding tert-OH is 1. The molecule has 1 aliphatic heterocycles. The van der Waals surface area contributed by atoms with Crippen LogP contribution in [0.25, 0.3) is 0 Å². The molecule has 0 unspecified atom stereocenters. The van der Waals surface area contributed by atoms with Crippen LogP contribution >= 0.6 is 0 Å². The van der Waals surface area contributed by atoms with Gasteiger partial charge in [0.1, 0.15) is 0 Å². The third kappa shape index (κ3) is 6.16. The van der Waals surface area contributed by atoms with Gasteiger partial charge in [0.2, 0.25) is 5.91 Å². The maximum Gasteiger partial charge on any atom is 0.237 e. The standard InChI is InChI=1S/C16H31N3O2/c1-6-18(9-13(2)3)16(21)12-17-7-8-19(11-15(5)20)14(4)10-17/h14-15,20H,2,6-12H2,1,3-5H3/t14-,15-/m1/s1. The number of rotatable bonds is 7. The van der Waals surface area contributed by atoms with Crippen molar-refractivity contribution in [1.29, 1.82) is 0 Å². The summed E-state index contributed by atoms with van der Waals surface area (Å²) in [5.74, 6) is 0.177. The Labute approximate surface area is 129 Å². The fourth-order valence-corrected chi connectivity index (χ4v) is 2.82. The van der Waals surface area contributed by atoms with Gasteiger partial charge in [0.05, 0.1) is 12.6 Å². The summed E-state index contributed by atoms with van der Waals surface area (Å²) in [6.45, 7) is 17.0. The van der Waals surface area contributed by atoms with Crippen molar-refractivity contribution in [2.45, 2.75) is 39.8 Å². The lowest BCUT2D eigenvalue weighted by Crippen LogP contribution is -2.55. The van der Waals surface area contributed by atoms with Gasteiger partial charge in [-0.25, -0.2) is 0 Å². The monoisotopic (exact) mass is 297 g/mol. The predicted molar refractivity (Wildman–Crippen MR) is 86.2 cm³/mol. The van der Waals surface area contributed by atoms with Crippen molar-refractivity contribution >= 4 is 5.91 Å². The molecular formula is C16H31N3O2. The third-order valence-electron chi connectivity index (χ3n) is 3.90. The van der Waals surface area contributed by atoms with Crippen molar-refractivity contribution in [1.82, 2.24) is 14.7 Å². The van der Waals surface area contributed by atoms with E-state index in [2.05, 4.69) is 23.3 Å². The van der Waals surface area contributed by atoms with E-state index in [1.165, 1.54) is 0 Å². The van der Waals surface area contributed by atoms with E-state index in [9.17, 15) is 9.90 Å². The summed E-state index contributed by atoms with van der Waals surface area (Å²) in [5.41, 5.74) is 1.01. The second-order valence-electron chi connectivity index (χ2n) is 6.29. The summed E-state index contributed by atoms with van der Waals surface area (Å²) < 4.78 is 0. The number of piperazine rings is 1. The number of hydrogen-bond donors (Lipinski definition) is 1. The van der Waals surface area contributed by atoms with Gasteiger partial charge in [-0.15, -0.1) is 0 Å². The van der Waals surface area contributed by atoms with Gasteiger partial charge in [0, 0.05) is 45.3 Å². The molecule has 122 valence electrons. The molecule has 1 fully saturated rings. The molecule has 0 aromatic heterocycles. The van der Waals surface area contributed by atoms with Crippen LogP contribution in [0.5, 0.6) is 0 Å². The van der Waals surface area contributed by atoms with Gasteiger partial charge in [-0.05, 0) is 27.7 Å². The highest BCUT2D eigenvalue weighted by Gasteiger charge is 2.26. The fourth-order valence-electron chi connectivity index (χ4n) is 2.82. The average Bonchev–Trinajstić information content (AvgIpc) is 2.38. The summed E-state index contributed by atoms with van der Waals surface area (Å²) in [6.07, 6.45) is -0.299. The van der Waals surface area contributed by atoms with Crippen LogP contribution in [-0.2, 0) is 4.79 Å². The Bertz CT molecular complexity index is 357. The minimum atomic E-state index is -0.299. The zero-order valence-electron chi connectivity index (χ0n) is 14.0. The summed E-state index contributed by atoms with van der Waals surface area (Å²) in [6, 6.07) is 0.373. The van der Waals surface area contributed by atoms with Gasteiger partial charge in [-0.3, -0.25) is 14.6 Å². The number of likely N-dealkylation sites (N-methyl/N-ethyl adjacent to an activating group) is 1. The van der Waals surface area contributed by atoms with Crippen LogP contribution in [-0.4, -0.2) is 83.7 Å². The van der Waals surface area contributed by atoms with Crippen molar-refractivity contribution in [3.05, 3.63) is 12.2 Å². The number of nitrogens with zero attached hydrogens (tertiary/aromatic N) is 3. The smallest absolute Gasteiger partial charge is 0.237 e. The Hall–Kier alpha value is -0.910. The highest BCUT2D eigenvalue weighted by Crippen LogP contribution is 2.10. The maximum atomic E-state index is 12.3. The van der Waals surface area contributed by atoms with Gasteiger partial charge in [0.15, 0.2) is 0 Å². The fraction of sp³-hybridized carbons (Fsp3) is 0.812. The molecular weight excluding hydrogens is 266 g/mol. The lowest BCUT2D eigenvalue weighted by Gasteiger charge is -2.40. The molecule has 0 saturated carbocycles. The quantitative estimate of drug-likeness (QED) is 0.706. The molecule has 0 aliphatic carbocycles. The Morgan fingerprint density at radius 3 is 2.62 bits per heavy atom. The zero-order chi connectivity index (χ0) is 16.0. The minimum Gasteiger partial charge on any atom is -0.392 e. The molecule has 2 atom stereocenters. The topological polar surface area (TPSA) is 47.0 Å². The zero-order valence-corrected chi connectivity index (χ0v) is 14.0.